The van der Waals surface area contributed by atoms with Crippen LogP contribution in [0.4, 0.5) is 0 Å². The first kappa shape index (κ1) is 17.9. The van der Waals surface area contributed by atoms with Gasteiger partial charge in [0, 0.05) is 0 Å². The summed E-state index contributed by atoms with van der Waals surface area (Å²) in [6.07, 6.45) is 2.44. The van der Waals surface area contributed by atoms with E-state index in [2.05, 4.69) is 76.2 Å². The number of hydrogen-bond acceptors (Lipinski definition) is 2. The minimum Gasteiger partial charge on any atom is -0.425 e. The summed E-state index contributed by atoms with van der Waals surface area (Å²) in [5.41, 5.74) is 3.76. The van der Waals surface area contributed by atoms with Gasteiger partial charge in [-0.05, 0) is 56.3 Å². The molecule has 136 valence electrons. The summed E-state index contributed by atoms with van der Waals surface area (Å²) in [4.78, 5) is 0. The monoisotopic (exact) mass is 380 g/mol. The molecule has 1 saturated heterocycles. The summed E-state index contributed by atoms with van der Waals surface area (Å²) in [6, 6.07) is 18.1. The van der Waals surface area contributed by atoms with Crippen molar-refractivity contribution in [2.75, 3.05) is 0 Å². The Balaban J connectivity index is 0.000000373. The third-order valence-electron chi connectivity index (χ3n) is 5.68. The van der Waals surface area contributed by atoms with Crippen molar-refractivity contribution < 1.29 is 8.23 Å². The van der Waals surface area contributed by atoms with Gasteiger partial charge in [0.15, 0.2) is 0 Å². The third kappa shape index (κ3) is 3.27. The van der Waals surface area contributed by atoms with Gasteiger partial charge in [-0.2, -0.15) is 0 Å². The van der Waals surface area contributed by atoms with Crippen LogP contribution < -0.4 is 0 Å². The van der Waals surface area contributed by atoms with Gasteiger partial charge in [-0.25, -0.2) is 0 Å². The molecule has 26 heavy (non-hydrogen) atoms. The Morgan fingerprint density at radius 3 is 2.12 bits per heavy atom. The molecule has 1 fully saturated rings. The van der Waals surface area contributed by atoms with E-state index in [1.54, 1.807) is 11.1 Å². The zero-order valence-electron chi connectivity index (χ0n) is 16.3. The summed E-state index contributed by atoms with van der Waals surface area (Å²) in [6.45, 7) is 9.63. The molecule has 4 heteroatoms. The second kappa shape index (κ2) is 6.61. The smallest absolute Gasteiger partial charge is 0.286 e. The first-order valence-electron chi connectivity index (χ1n) is 9.47. The van der Waals surface area contributed by atoms with Crippen LogP contribution in [0.5, 0.6) is 0 Å². The number of rotatable bonds is 0. The summed E-state index contributed by atoms with van der Waals surface area (Å²) >= 11 is 0. The summed E-state index contributed by atoms with van der Waals surface area (Å²) in [7, 11) is -0.667. The molecule has 0 atom stereocenters. The molecule has 0 spiro atoms. The van der Waals surface area contributed by atoms with Crippen molar-refractivity contribution in [1.29, 1.82) is 0 Å². The van der Waals surface area contributed by atoms with E-state index in [1.807, 2.05) is 0 Å². The van der Waals surface area contributed by atoms with Gasteiger partial charge >= 0.3 is 0 Å². The molecule has 0 amide bonds. The van der Waals surface area contributed by atoms with E-state index in [-0.39, 0.29) is 25.4 Å². The maximum Gasteiger partial charge on any atom is 0.286 e. The zero-order chi connectivity index (χ0) is 18.4. The van der Waals surface area contributed by atoms with Crippen molar-refractivity contribution in [1.82, 2.24) is 0 Å². The topological polar surface area (TPSA) is 18.5 Å². The maximum absolute atomic E-state index is 4.78. The lowest BCUT2D eigenvalue weighted by Crippen LogP contribution is -2.34. The lowest BCUT2D eigenvalue weighted by Gasteiger charge is -2.43. The first-order valence-corrected chi connectivity index (χ1v) is 11.8. The lowest BCUT2D eigenvalue weighted by molar-refractivity contribution is 0.232. The fourth-order valence-corrected chi connectivity index (χ4v) is 5.56. The van der Waals surface area contributed by atoms with Crippen LogP contribution in [-0.2, 0) is 20.1 Å². The minimum absolute atomic E-state index is 0.261. The van der Waals surface area contributed by atoms with Gasteiger partial charge in [0.05, 0.1) is 0 Å². The van der Waals surface area contributed by atoms with Crippen molar-refractivity contribution in [3.63, 3.8) is 0 Å². The SMILES string of the molecule is CC1(C)Cc2c(ccc3c2ccc2ccccc23)C(C)(C)C1.O1[SiH2]O[SiH2]1. The van der Waals surface area contributed by atoms with Crippen molar-refractivity contribution in [3.8, 4) is 0 Å². The van der Waals surface area contributed by atoms with Crippen LogP contribution in [0, 0.1) is 5.41 Å². The Bertz CT molecular complexity index is 955. The molecule has 2 aliphatic rings. The summed E-state index contributed by atoms with van der Waals surface area (Å²) in [5, 5.41) is 5.58. The van der Waals surface area contributed by atoms with Gasteiger partial charge in [-0.3, -0.25) is 0 Å². The van der Waals surface area contributed by atoms with Crippen LogP contribution in [0.25, 0.3) is 21.5 Å². The van der Waals surface area contributed by atoms with E-state index in [4.69, 9.17) is 8.23 Å². The van der Waals surface area contributed by atoms with E-state index >= 15 is 0 Å². The summed E-state index contributed by atoms with van der Waals surface area (Å²) < 4.78 is 9.56. The summed E-state index contributed by atoms with van der Waals surface area (Å²) in [5.74, 6) is 0. The average Bonchev–Trinajstić information content (AvgIpc) is 2.51. The standard InChI is InChI=1S/C22H24.H4O2Si2/c1-21(2)13-19-18-10-9-15-7-5-6-8-16(15)17(18)11-12-20(19)22(3,4)14-21;1-3-2-4-1/h5-12H,13-14H2,1-4H3;3-4H2. The van der Waals surface area contributed by atoms with Gasteiger partial charge in [0.2, 0.25) is 0 Å². The lowest BCUT2D eigenvalue weighted by atomic mass is 9.62. The van der Waals surface area contributed by atoms with Crippen molar-refractivity contribution in [2.24, 2.45) is 5.41 Å². The zero-order valence-corrected chi connectivity index (χ0v) is 19.1. The average molecular weight is 381 g/mol. The predicted molar refractivity (Wildman–Crippen MR) is 116 cm³/mol. The highest BCUT2D eigenvalue weighted by Crippen LogP contribution is 2.48. The van der Waals surface area contributed by atoms with Crippen LogP contribution in [0.15, 0.2) is 48.5 Å². The molecule has 3 aromatic carbocycles. The molecule has 1 aliphatic heterocycles. The highest BCUT2D eigenvalue weighted by atomic mass is 28.4. The van der Waals surface area contributed by atoms with Crippen molar-refractivity contribution >= 4 is 41.6 Å². The van der Waals surface area contributed by atoms with Crippen molar-refractivity contribution in [3.05, 3.63) is 59.7 Å². The van der Waals surface area contributed by atoms with Crippen LogP contribution in [0.2, 0.25) is 0 Å². The third-order valence-corrected chi connectivity index (χ3v) is 8.34. The van der Waals surface area contributed by atoms with Crippen LogP contribution in [0.1, 0.15) is 45.2 Å². The largest absolute Gasteiger partial charge is 0.425 e. The molecule has 0 N–H and O–H groups in total. The number of fused-ring (bicyclic) bond motifs is 5. The van der Waals surface area contributed by atoms with Crippen molar-refractivity contribution in [2.45, 2.75) is 46.0 Å². The molecule has 0 aromatic heterocycles. The second-order valence-corrected chi connectivity index (χ2v) is 12.8. The molecule has 3 aromatic rings. The molecule has 5 rings (SSSR count). The van der Waals surface area contributed by atoms with Crippen LogP contribution in [-0.4, -0.2) is 20.0 Å². The minimum atomic E-state index is -0.333. The Labute approximate surface area is 161 Å². The molecular formula is C22H28O2Si2. The van der Waals surface area contributed by atoms with Gasteiger partial charge in [0.25, 0.3) is 20.0 Å². The molecule has 0 saturated carbocycles. The number of hydrogen-bond donors (Lipinski definition) is 0. The van der Waals surface area contributed by atoms with Gasteiger partial charge < -0.3 is 8.23 Å². The highest BCUT2D eigenvalue weighted by Gasteiger charge is 2.37. The van der Waals surface area contributed by atoms with Crippen LogP contribution >= 0.6 is 0 Å². The Morgan fingerprint density at radius 1 is 0.769 bits per heavy atom. The fourth-order valence-electron chi connectivity index (χ4n) is 4.89. The van der Waals surface area contributed by atoms with Gasteiger partial charge in [-0.15, -0.1) is 0 Å². The van der Waals surface area contributed by atoms with Gasteiger partial charge in [-0.1, -0.05) is 76.2 Å². The quantitative estimate of drug-likeness (QED) is 0.428. The van der Waals surface area contributed by atoms with Crippen LogP contribution in [0.3, 0.4) is 0 Å². The maximum atomic E-state index is 4.78. The molecule has 0 bridgehead atoms. The Morgan fingerprint density at radius 2 is 1.42 bits per heavy atom. The Kier molecular flexibility index (Phi) is 4.55. The first-order chi connectivity index (χ1) is 12.4. The van der Waals surface area contributed by atoms with Gasteiger partial charge in [0.1, 0.15) is 0 Å². The highest BCUT2D eigenvalue weighted by molar-refractivity contribution is 6.49. The Hall–Kier alpha value is -1.47. The molecule has 2 nitrogen and oxygen atoms in total. The fraction of sp³-hybridized carbons (Fsp3) is 0.364. The second-order valence-electron chi connectivity index (χ2n) is 9.02. The number of benzene rings is 3. The van der Waals surface area contributed by atoms with E-state index in [9.17, 15) is 0 Å². The molecule has 1 aliphatic carbocycles. The molecule has 0 radical (unpaired) electrons. The van der Waals surface area contributed by atoms with E-state index in [0.717, 1.165) is 0 Å². The van der Waals surface area contributed by atoms with E-state index in [0.29, 0.717) is 5.41 Å². The van der Waals surface area contributed by atoms with E-state index < -0.39 is 0 Å². The van der Waals surface area contributed by atoms with E-state index in [1.165, 1.54) is 34.4 Å². The molecule has 1 heterocycles. The molecular weight excluding hydrogens is 352 g/mol. The molecule has 0 unspecified atom stereocenters. The predicted octanol–water partition coefficient (Wildman–Crippen LogP) is 4.27. The normalized spacial score (nSPS) is 21.8.